The zero-order valence-electron chi connectivity index (χ0n) is 18.7. The molecule has 0 spiro atoms. The van der Waals surface area contributed by atoms with Crippen LogP contribution in [0.15, 0.2) is 30.3 Å². The Hall–Kier alpha value is -3.09. The number of hydrogen-bond acceptors (Lipinski definition) is 6. The van der Waals surface area contributed by atoms with Gasteiger partial charge < -0.3 is 29.4 Å². The summed E-state index contributed by atoms with van der Waals surface area (Å²) in [5, 5.41) is 14.0. The number of fused-ring (bicyclic) bond motifs is 1. The van der Waals surface area contributed by atoms with E-state index in [2.05, 4.69) is 5.32 Å². The molecule has 0 saturated heterocycles. The lowest BCUT2D eigenvalue weighted by Crippen LogP contribution is -2.31. The third-order valence-corrected chi connectivity index (χ3v) is 6.40. The van der Waals surface area contributed by atoms with Crippen LogP contribution in [0.2, 0.25) is 0 Å². The zero-order chi connectivity index (χ0) is 22.5. The summed E-state index contributed by atoms with van der Waals surface area (Å²) in [5.41, 5.74) is 1.38. The second-order valence-electron chi connectivity index (χ2n) is 8.44. The Kier molecular flexibility index (Phi) is 6.93. The van der Waals surface area contributed by atoms with E-state index in [1.165, 1.54) is 52.4 Å². The van der Waals surface area contributed by atoms with Gasteiger partial charge in [-0.2, -0.15) is 0 Å². The predicted octanol–water partition coefficient (Wildman–Crippen LogP) is 4.36. The first-order valence-corrected chi connectivity index (χ1v) is 11.2. The molecule has 0 bridgehead atoms. The van der Waals surface area contributed by atoms with Gasteiger partial charge in [0.2, 0.25) is 12.7 Å². The monoisotopic (exact) mass is 441 g/mol. The number of hydrogen-bond donors (Lipinski definition) is 2. The average molecular weight is 442 g/mol. The SMILES string of the molecule is COc1cc(O)c(C(CC(=O)NCC2CCCCC2)c2ccc3c(c2)OCO3)c(OC)c1. The molecule has 2 aliphatic rings. The lowest BCUT2D eigenvalue weighted by molar-refractivity contribution is -0.121. The van der Waals surface area contributed by atoms with Gasteiger partial charge in [-0.05, 0) is 36.5 Å². The van der Waals surface area contributed by atoms with Crippen molar-refractivity contribution in [2.75, 3.05) is 27.6 Å². The fourth-order valence-electron chi connectivity index (χ4n) is 4.65. The van der Waals surface area contributed by atoms with Crippen LogP contribution in [0.1, 0.15) is 55.6 Å². The second-order valence-corrected chi connectivity index (χ2v) is 8.44. The zero-order valence-corrected chi connectivity index (χ0v) is 18.7. The normalized spacial score (nSPS) is 16.4. The lowest BCUT2D eigenvalue weighted by Gasteiger charge is -2.24. The summed E-state index contributed by atoms with van der Waals surface area (Å²) >= 11 is 0. The summed E-state index contributed by atoms with van der Waals surface area (Å²) in [5.74, 6) is 2.30. The molecule has 1 heterocycles. The minimum absolute atomic E-state index is 0.0175. The maximum absolute atomic E-state index is 13.0. The van der Waals surface area contributed by atoms with Crippen molar-refractivity contribution in [3.63, 3.8) is 0 Å². The van der Waals surface area contributed by atoms with Gasteiger partial charge in [0.25, 0.3) is 0 Å². The number of phenols is 1. The first-order chi connectivity index (χ1) is 15.6. The van der Waals surface area contributed by atoms with Gasteiger partial charge in [0.15, 0.2) is 11.5 Å². The first-order valence-electron chi connectivity index (χ1n) is 11.2. The van der Waals surface area contributed by atoms with Crippen LogP contribution in [0.3, 0.4) is 0 Å². The first kappa shape index (κ1) is 22.1. The van der Waals surface area contributed by atoms with Crippen molar-refractivity contribution in [2.24, 2.45) is 5.92 Å². The van der Waals surface area contributed by atoms with Crippen molar-refractivity contribution in [1.82, 2.24) is 5.32 Å². The molecule has 7 heteroatoms. The molecule has 7 nitrogen and oxygen atoms in total. The van der Waals surface area contributed by atoms with E-state index in [0.717, 1.165) is 5.56 Å². The number of ether oxygens (including phenoxy) is 4. The Labute approximate surface area is 188 Å². The lowest BCUT2D eigenvalue weighted by atomic mass is 9.86. The Morgan fingerprint density at radius 1 is 1.09 bits per heavy atom. The van der Waals surface area contributed by atoms with Crippen LogP contribution < -0.4 is 24.3 Å². The Morgan fingerprint density at radius 3 is 2.62 bits per heavy atom. The minimum atomic E-state index is -0.434. The fourth-order valence-corrected chi connectivity index (χ4v) is 4.65. The molecule has 1 unspecified atom stereocenters. The number of rotatable bonds is 8. The molecule has 1 amide bonds. The summed E-state index contributed by atoms with van der Waals surface area (Å²) < 4.78 is 21.8. The van der Waals surface area contributed by atoms with E-state index in [1.54, 1.807) is 6.07 Å². The van der Waals surface area contributed by atoms with Crippen LogP contribution >= 0.6 is 0 Å². The number of aromatic hydroxyl groups is 1. The quantitative estimate of drug-likeness (QED) is 0.633. The van der Waals surface area contributed by atoms with Gasteiger partial charge in [-0.25, -0.2) is 0 Å². The molecular weight excluding hydrogens is 410 g/mol. The van der Waals surface area contributed by atoms with E-state index >= 15 is 0 Å². The number of benzene rings is 2. The predicted molar refractivity (Wildman–Crippen MR) is 120 cm³/mol. The molecule has 1 aliphatic carbocycles. The number of phenolic OH excluding ortho intramolecular Hbond substituents is 1. The van der Waals surface area contributed by atoms with Gasteiger partial charge in [-0.3, -0.25) is 4.79 Å². The molecule has 32 heavy (non-hydrogen) atoms. The van der Waals surface area contributed by atoms with Crippen LogP contribution in [-0.4, -0.2) is 38.6 Å². The molecule has 2 aromatic carbocycles. The topological polar surface area (TPSA) is 86.3 Å². The van der Waals surface area contributed by atoms with Crippen LogP contribution in [0, 0.1) is 5.92 Å². The van der Waals surface area contributed by atoms with Gasteiger partial charge in [0.05, 0.1) is 14.2 Å². The molecule has 1 saturated carbocycles. The third kappa shape index (κ3) is 4.87. The maximum atomic E-state index is 13.0. The molecule has 172 valence electrons. The van der Waals surface area contributed by atoms with E-state index in [0.29, 0.717) is 41.0 Å². The van der Waals surface area contributed by atoms with Gasteiger partial charge in [0, 0.05) is 36.6 Å². The standard InChI is InChI=1S/C25H31NO6/c1-29-18-11-20(27)25(23(12-18)30-2)19(17-8-9-21-22(10-17)32-15-31-21)13-24(28)26-14-16-6-4-3-5-7-16/h8-12,16,19,27H,3-7,13-15H2,1-2H3,(H,26,28). The van der Waals surface area contributed by atoms with E-state index < -0.39 is 5.92 Å². The average Bonchev–Trinajstić information content (AvgIpc) is 3.29. The third-order valence-electron chi connectivity index (χ3n) is 6.40. The fraction of sp³-hybridized carbons (Fsp3) is 0.480. The summed E-state index contributed by atoms with van der Waals surface area (Å²) in [6, 6.07) is 8.85. The summed E-state index contributed by atoms with van der Waals surface area (Å²) in [4.78, 5) is 13.0. The molecule has 4 rings (SSSR count). The van der Waals surface area contributed by atoms with Crippen molar-refractivity contribution in [2.45, 2.75) is 44.4 Å². The Bertz CT molecular complexity index is 954. The van der Waals surface area contributed by atoms with Gasteiger partial charge in [0.1, 0.15) is 17.2 Å². The number of carbonyl (C=O) groups excluding carboxylic acids is 1. The molecule has 0 radical (unpaired) electrons. The highest BCUT2D eigenvalue weighted by Gasteiger charge is 2.28. The second kappa shape index (κ2) is 10.0. The van der Waals surface area contributed by atoms with Crippen molar-refractivity contribution in [1.29, 1.82) is 0 Å². The van der Waals surface area contributed by atoms with Crippen molar-refractivity contribution in [3.05, 3.63) is 41.5 Å². The van der Waals surface area contributed by atoms with E-state index in [-0.39, 0.29) is 24.9 Å². The minimum Gasteiger partial charge on any atom is -0.507 e. The van der Waals surface area contributed by atoms with Gasteiger partial charge in [-0.15, -0.1) is 0 Å². The van der Waals surface area contributed by atoms with E-state index in [9.17, 15) is 9.90 Å². The smallest absolute Gasteiger partial charge is 0.231 e. The van der Waals surface area contributed by atoms with Crippen molar-refractivity contribution < 1.29 is 28.8 Å². The number of amides is 1. The molecule has 0 aromatic heterocycles. The van der Waals surface area contributed by atoms with Gasteiger partial charge >= 0.3 is 0 Å². The number of nitrogens with one attached hydrogen (secondary N) is 1. The van der Waals surface area contributed by atoms with E-state index in [4.69, 9.17) is 18.9 Å². The molecule has 2 N–H and O–H groups in total. The van der Waals surface area contributed by atoms with Crippen molar-refractivity contribution >= 4 is 5.91 Å². The molecule has 1 fully saturated rings. The maximum Gasteiger partial charge on any atom is 0.231 e. The number of carbonyl (C=O) groups is 1. The highest BCUT2D eigenvalue weighted by atomic mass is 16.7. The molecule has 2 aromatic rings. The highest BCUT2D eigenvalue weighted by molar-refractivity contribution is 5.78. The highest BCUT2D eigenvalue weighted by Crippen LogP contribution is 2.45. The Morgan fingerprint density at radius 2 is 1.88 bits per heavy atom. The summed E-state index contributed by atoms with van der Waals surface area (Å²) in [7, 11) is 3.07. The van der Waals surface area contributed by atoms with Gasteiger partial charge in [-0.1, -0.05) is 25.3 Å². The molecule has 1 aliphatic heterocycles. The van der Waals surface area contributed by atoms with E-state index in [1.807, 2.05) is 18.2 Å². The number of methoxy groups -OCH3 is 2. The summed E-state index contributed by atoms with van der Waals surface area (Å²) in [6.07, 6.45) is 6.25. The van der Waals surface area contributed by atoms with Crippen LogP contribution in [-0.2, 0) is 4.79 Å². The summed E-state index contributed by atoms with van der Waals surface area (Å²) in [6.45, 7) is 0.862. The van der Waals surface area contributed by atoms with Crippen LogP contribution in [0.25, 0.3) is 0 Å². The van der Waals surface area contributed by atoms with Crippen LogP contribution in [0.5, 0.6) is 28.7 Å². The van der Waals surface area contributed by atoms with Crippen LogP contribution in [0.4, 0.5) is 0 Å². The molecule has 1 atom stereocenters. The Balaban J connectivity index is 1.62. The molecular formula is C25H31NO6. The van der Waals surface area contributed by atoms with Crippen molar-refractivity contribution in [3.8, 4) is 28.7 Å². The largest absolute Gasteiger partial charge is 0.507 e.